The Morgan fingerprint density at radius 1 is 1.11 bits per heavy atom. The van der Waals surface area contributed by atoms with Gasteiger partial charge in [-0.25, -0.2) is 0 Å². The van der Waals surface area contributed by atoms with Crippen molar-refractivity contribution in [3.63, 3.8) is 0 Å². The number of hydrogen-bond acceptors (Lipinski definition) is 6. The lowest BCUT2D eigenvalue weighted by Crippen LogP contribution is -2.21. The summed E-state index contributed by atoms with van der Waals surface area (Å²) >= 11 is 1.61. The van der Waals surface area contributed by atoms with E-state index in [1.165, 1.54) is 0 Å². The summed E-state index contributed by atoms with van der Waals surface area (Å²) in [4.78, 5) is 17.6. The number of benzene rings is 1. The number of ether oxygens (including phenoxy) is 1. The Balaban J connectivity index is 1.75. The lowest BCUT2D eigenvalue weighted by atomic mass is 10.1. The minimum Gasteiger partial charge on any atom is -0.383 e. The van der Waals surface area contributed by atoms with Gasteiger partial charge in [0.25, 0.3) is 5.91 Å². The van der Waals surface area contributed by atoms with Crippen molar-refractivity contribution in [3.8, 4) is 11.4 Å². The van der Waals surface area contributed by atoms with Crippen molar-refractivity contribution in [1.29, 1.82) is 0 Å². The maximum absolute atomic E-state index is 12.0. The molecule has 7 nitrogen and oxygen atoms in total. The second-order valence-electron chi connectivity index (χ2n) is 6.37. The standard InChI is InChI=1S/C20H23N5O2S/c1-24(2)19(26)17-6-4-15(5-7-17)14-28-20-23-22-18(25(20)12-13-27-3)16-8-10-21-11-9-16/h4-11H,12-14H2,1-3H3. The van der Waals surface area contributed by atoms with Crippen molar-refractivity contribution >= 4 is 17.7 Å². The predicted molar refractivity (Wildman–Crippen MR) is 109 cm³/mol. The van der Waals surface area contributed by atoms with Crippen LogP contribution in [0.15, 0.2) is 53.9 Å². The summed E-state index contributed by atoms with van der Waals surface area (Å²) in [6.07, 6.45) is 3.49. The fourth-order valence-corrected chi connectivity index (χ4v) is 3.56. The number of pyridine rings is 1. The van der Waals surface area contributed by atoms with E-state index in [1.54, 1.807) is 50.3 Å². The van der Waals surface area contributed by atoms with E-state index < -0.39 is 0 Å². The molecule has 8 heteroatoms. The molecule has 0 saturated heterocycles. The SMILES string of the molecule is COCCn1c(SCc2ccc(C(=O)N(C)C)cc2)nnc1-c1ccncc1. The summed E-state index contributed by atoms with van der Waals surface area (Å²) in [5.74, 6) is 1.53. The van der Waals surface area contributed by atoms with Crippen LogP contribution in [0, 0.1) is 0 Å². The van der Waals surface area contributed by atoms with Crippen LogP contribution in [0.2, 0.25) is 0 Å². The molecule has 2 heterocycles. The molecular formula is C20H23N5O2S. The highest BCUT2D eigenvalue weighted by Gasteiger charge is 2.14. The number of amides is 1. The van der Waals surface area contributed by atoms with Crippen LogP contribution in [0.4, 0.5) is 0 Å². The third-order valence-electron chi connectivity index (χ3n) is 4.15. The summed E-state index contributed by atoms with van der Waals surface area (Å²) in [6, 6.07) is 11.5. The number of methoxy groups -OCH3 is 1. The minimum atomic E-state index is 0.000467. The first kappa shape index (κ1) is 20.0. The van der Waals surface area contributed by atoms with Gasteiger partial charge in [0.15, 0.2) is 11.0 Å². The van der Waals surface area contributed by atoms with Crippen LogP contribution >= 0.6 is 11.8 Å². The second kappa shape index (κ2) is 9.48. The van der Waals surface area contributed by atoms with E-state index in [-0.39, 0.29) is 5.91 Å². The number of hydrogen-bond donors (Lipinski definition) is 0. The minimum absolute atomic E-state index is 0.000467. The third kappa shape index (κ3) is 4.76. The van der Waals surface area contributed by atoms with E-state index in [1.807, 2.05) is 36.4 Å². The highest BCUT2D eigenvalue weighted by Crippen LogP contribution is 2.26. The van der Waals surface area contributed by atoms with Gasteiger partial charge in [-0.2, -0.15) is 0 Å². The number of rotatable bonds is 8. The Labute approximate surface area is 168 Å². The van der Waals surface area contributed by atoms with Gasteiger partial charge in [0.1, 0.15) is 0 Å². The zero-order valence-electron chi connectivity index (χ0n) is 16.2. The highest BCUT2D eigenvalue weighted by atomic mass is 32.2. The molecule has 0 bridgehead atoms. The molecule has 0 unspecified atom stereocenters. The van der Waals surface area contributed by atoms with E-state index in [0.29, 0.717) is 18.7 Å². The van der Waals surface area contributed by atoms with Crippen LogP contribution in [0.3, 0.4) is 0 Å². The van der Waals surface area contributed by atoms with Gasteiger partial charge in [0.05, 0.1) is 13.2 Å². The highest BCUT2D eigenvalue weighted by molar-refractivity contribution is 7.98. The first-order valence-corrected chi connectivity index (χ1v) is 9.84. The topological polar surface area (TPSA) is 73.1 Å². The van der Waals surface area contributed by atoms with E-state index in [4.69, 9.17) is 4.74 Å². The fraction of sp³-hybridized carbons (Fsp3) is 0.300. The molecule has 2 aromatic heterocycles. The summed E-state index contributed by atoms with van der Waals surface area (Å²) < 4.78 is 7.31. The smallest absolute Gasteiger partial charge is 0.253 e. The fourth-order valence-electron chi connectivity index (χ4n) is 2.64. The maximum atomic E-state index is 12.0. The first-order chi connectivity index (χ1) is 13.6. The largest absolute Gasteiger partial charge is 0.383 e. The van der Waals surface area contributed by atoms with Crippen LogP contribution in [0.25, 0.3) is 11.4 Å². The average Bonchev–Trinajstić information content (AvgIpc) is 3.13. The van der Waals surface area contributed by atoms with E-state index >= 15 is 0 Å². The van der Waals surface area contributed by atoms with Gasteiger partial charge in [-0.15, -0.1) is 10.2 Å². The molecule has 0 N–H and O–H groups in total. The average molecular weight is 398 g/mol. The summed E-state index contributed by atoms with van der Waals surface area (Å²) in [5.41, 5.74) is 2.77. The van der Waals surface area contributed by atoms with Crippen molar-refractivity contribution in [1.82, 2.24) is 24.6 Å². The quantitative estimate of drug-likeness (QED) is 0.544. The van der Waals surface area contributed by atoms with Crippen molar-refractivity contribution in [2.75, 3.05) is 27.8 Å². The lowest BCUT2D eigenvalue weighted by Gasteiger charge is -2.11. The van der Waals surface area contributed by atoms with Crippen LogP contribution in [0.5, 0.6) is 0 Å². The molecule has 0 spiro atoms. The van der Waals surface area contributed by atoms with Gasteiger partial charge in [0, 0.05) is 50.5 Å². The number of aromatic nitrogens is 4. The molecule has 1 amide bonds. The van der Waals surface area contributed by atoms with Crippen molar-refractivity contribution < 1.29 is 9.53 Å². The summed E-state index contributed by atoms with van der Waals surface area (Å²) in [7, 11) is 5.18. The zero-order valence-corrected chi connectivity index (χ0v) is 17.0. The van der Waals surface area contributed by atoms with Gasteiger partial charge in [-0.3, -0.25) is 14.3 Å². The van der Waals surface area contributed by atoms with Gasteiger partial charge in [-0.05, 0) is 29.8 Å². The number of carbonyl (C=O) groups excluding carboxylic acids is 1. The molecule has 3 rings (SSSR count). The van der Waals surface area contributed by atoms with Gasteiger partial charge in [0.2, 0.25) is 0 Å². The van der Waals surface area contributed by atoms with Gasteiger partial charge >= 0.3 is 0 Å². The molecule has 3 aromatic rings. The van der Waals surface area contributed by atoms with Gasteiger partial charge in [-0.1, -0.05) is 23.9 Å². The molecule has 0 saturated carbocycles. The van der Waals surface area contributed by atoms with Crippen LogP contribution in [0.1, 0.15) is 15.9 Å². The first-order valence-electron chi connectivity index (χ1n) is 8.86. The monoisotopic (exact) mass is 397 g/mol. The van der Waals surface area contributed by atoms with Crippen LogP contribution in [-0.2, 0) is 17.0 Å². The zero-order chi connectivity index (χ0) is 19.9. The predicted octanol–water partition coefficient (Wildman–Crippen LogP) is 2.98. The molecular weight excluding hydrogens is 374 g/mol. The van der Waals surface area contributed by atoms with Gasteiger partial charge < -0.3 is 9.64 Å². The van der Waals surface area contributed by atoms with Crippen molar-refractivity contribution in [2.45, 2.75) is 17.5 Å². The summed E-state index contributed by atoms with van der Waals surface area (Å²) in [5, 5.41) is 9.57. The van der Waals surface area contributed by atoms with E-state index in [0.717, 1.165) is 27.9 Å². The van der Waals surface area contributed by atoms with Crippen molar-refractivity contribution in [2.24, 2.45) is 0 Å². The number of thioether (sulfide) groups is 1. The Morgan fingerprint density at radius 3 is 2.46 bits per heavy atom. The molecule has 0 atom stereocenters. The molecule has 146 valence electrons. The van der Waals surface area contributed by atoms with E-state index in [9.17, 15) is 4.79 Å². The maximum Gasteiger partial charge on any atom is 0.253 e. The molecule has 0 aliphatic carbocycles. The Morgan fingerprint density at radius 2 is 1.82 bits per heavy atom. The third-order valence-corrected chi connectivity index (χ3v) is 5.19. The lowest BCUT2D eigenvalue weighted by molar-refractivity contribution is 0.0827. The van der Waals surface area contributed by atoms with Crippen molar-refractivity contribution in [3.05, 3.63) is 59.9 Å². The molecule has 0 aliphatic rings. The summed E-state index contributed by atoms with van der Waals surface area (Å²) in [6.45, 7) is 1.24. The molecule has 0 aliphatic heterocycles. The Bertz CT molecular complexity index is 910. The Hall–Kier alpha value is -2.71. The molecule has 1 aromatic carbocycles. The normalized spacial score (nSPS) is 10.8. The number of carbonyl (C=O) groups is 1. The Kier molecular flexibility index (Phi) is 6.78. The van der Waals surface area contributed by atoms with Crippen LogP contribution < -0.4 is 0 Å². The molecule has 28 heavy (non-hydrogen) atoms. The second-order valence-corrected chi connectivity index (χ2v) is 7.31. The molecule has 0 radical (unpaired) electrons. The van der Waals surface area contributed by atoms with Crippen LogP contribution in [-0.4, -0.2) is 58.4 Å². The molecule has 0 fully saturated rings. The van der Waals surface area contributed by atoms with E-state index in [2.05, 4.69) is 19.7 Å². The number of nitrogens with zero attached hydrogens (tertiary/aromatic N) is 5.